The monoisotopic (exact) mass is 566 g/mol. The number of ether oxygens (including phenoxy) is 5. The summed E-state index contributed by atoms with van der Waals surface area (Å²) < 4.78 is 27.6. The molecule has 8 heteroatoms. The molecule has 8 nitrogen and oxygen atoms in total. The molecule has 41 heavy (non-hydrogen) atoms. The van der Waals surface area contributed by atoms with E-state index in [0.717, 1.165) is 5.56 Å². The number of esters is 2. The molecule has 0 heterocycles. The van der Waals surface area contributed by atoms with Gasteiger partial charge in [0.1, 0.15) is 17.2 Å². The van der Waals surface area contributed by atoms with Gasteiger partial charge in [0.15, 0.2) is 5.78 Å². The largest absolute Gasteiger partial charge is 0.490 e. The van der Waals surface area contributed by atoms with Gasteiger partial charge in [-0.3, -0.25) is 14.4 Å². The van der Waals surface area contributed by atoms with Gasteiger partial charge in [-0.15, -0.1) is 6.58 Å². The minimum absolute atomic E-state index is 0.134. The van der Waals surface area contributed by atoms with E-state index in [1.165, 1.54) is 6.08 Å². The van der Waals surface area contributed by atoms with Crippen molar-refractivity contribution in [1.82, 2.24) is 0 Å². The van der Waals surface area contributed by atoms with E-state index in [1.807, 2.05) is 19.9 Å². The van der Waals surface area contributed by atoms with Gasteiger partial charge < -0.3 is 23.7 Å². The topological polar surface area (TPSA) is 97.4 Å². The van der Waals surface area contributed by atoms with Crippen molar-refractivity contribution in [3.05, 3.63) is 71.8 Å². The van der Waals surface area contributed by atoms with Crippen molar-refractivity contribution in [1.29, 1.82) is 0 Å². The predicted molar refractivity (Wildman–Crippen MR) is 158 cm³/mol. The Morgan fingerprint density at radius 1 is 0.829 bits per heavy atom. The fourth-order valence-corrected chi connectivity index (χ4v) is 3.27. The lowest BCUT2D eigenvalue weighted by Gasteiger charge is -2.19. The van der Waals surface area contributed by atoms with Gasteiger partial charge in [-0.05, 0) is 110 Å². The van der Waals surface area contributed by atoms with Gasteiger partial charge in [-0.2, -0.15) is 0 Å². The highest BCUT2D eigenvalue weighted by atomic mass is 16.7. The summed E-state index contributed by atoms with van der Waals surface area (Å²) >= 11 is 0. The van der Waals surface area contributed by atoms with Crippen LogP contribution in [-0.4, -0.2) is 37.4 Å². The summed E-state index contributed by atoms with van der Waals surface area (Å²) in [6, 6.07) is 10.1. The molecule has 2 aromatic rings. The zero-order valence-electron chi connectivity index (χ0n) is 25.4. The number of allylic oxidation sites excluding steroid dienone is 2. The highest BCUT2D eigenvalue weighted by molar-refractivity contribution is 6.07. The average molecular weight is 567 g/mol. The van der Waals surface area contributed by atoms with Gasteiger partial charge in [0.05, 0.1) is 16.9 Å². The number of benzene rings is 2. The van der Waals surface area contributed by atoms with Crippen molar-refractivity contribution in [3.63, 3.8) is 0 Å². The molecule has 0 radical (unpaired) electrons. The van der Waals surface area contributed by atoms with Gasteiger partial charge in [0, 0.05) is 17.2 Å². The zero-order valence-corrected chi connectivity index (χ0v) is 25.4. The first-order valence-corrected chi connectivity index (χ1v) is 13.5. The molecule has 0 saturated heterocycles. The van der Waals surface area contributed by atoms with Crippen molar-refractivity contribution < 1.29 is 38.1 Å². The molecule has 0 aliphatic heterocycles. The van der Waals surface area contributed by atoms with Crippen LogP contribution in [0.25, 0.3) is 6.08 Å². The molecule has 0 fully saturated rings. The molecule has 0 aliphatic rings. The van der Waals surface area contributed by atoms with E-state index in [-0.39, 0.29) is 37.4 Å². The molecule has 0 unspecified atom stereocenters. The van der Waals surface area contributed by atoms with Gasteiger partial charge in [-0.25, -0.2) is 0 Å². The summed E-state index contributed by atoms with van der Waals surface area (Å²) in [5, 5.41) is 0. The van der Waals surface area contributed by atoms with Crippen LogP contribution < -0.4 is 14.2 Å². The van der Waals surface area contributed by atoms with Crippen LogP contribution in [0.2, 0.25) is 0 Å². The SMILES string of the molecule is C=CCc1cc(C=CC(=O)c2ccc(OCOC(=O)C(C)(C)C)cc2)c(OC(C)C)cc1OCOC(=O)C(C)(C)C. The molecule has 0 N–H and O–H groups in total. The predicted octanol–water partition coefficient (Wildman–Crippen LogP) is 6.95. The molecule has 0 aliphatic carbocycles. The Labute approximate surface area is 243 Å². The maximum absolute atomic E-state index is 12.9. The van der Waals surface area contributed by atoms with E-state index in [0.29, 0.717) is 34.8 Å². The minimum Gasteiger partial charge on any atom is -0.490 e. The molecular weight excluding hydrogens is 524 g/mol. The summed E-state index contributed by atoms with van der Waals surface area (Å²) in [6.07, 6.45) is 5.24. The van der Waals surface area contributed by atoms with Crippen LogP contribution in [0.1, 0.15) is 76.9 Å². The number of carbonyl (C=O) groups excluding carboxylic acids is 3. The molecule has 2 aromatic carbocycles. The lowest BCUT2D eigenvalue weighted by molar-refractivity contribution is -0.160. The fraction of sp³-hybridized carbons (Fsp3) is 0.424. The van der Waals surface area contributed by atoms with E-state index in [4.69, 9.17) is 23.7 Å². The Balaban J connectivity index is 2.18. The van der Waals surface area contributed by atoms with E-state index in [2.05, 4.69) is 6.58 Å². The number of carbonyl (C=O) groups is 3. The first-order chi connectivity index (χ1) is 19.1. The van der Waals surface area contributed by atoms with Crippen LogP contribution in [0.3, 0.4) is 0 Å². The molecule has 0 atom stereocenters. The summed E-state index contributed by atoms with van der Waals surface area (Å²) in [6.45, 7) is 17.7. The minimum atomic E-state index is -0.644. The second kappa shape index (κ2) is 14.5. The highest BCUT2D eigenvalue weighted by Gasteiger charge is 2.24. The van der Waals surface area contributed by atoms with E-state index in [9.17, 15) is 14.4 Å². The van der Waals surface area contributed by atoms with Crippen molar-refractivity contribution in [2.75, 3.05) is 13.6 Å². The summed E-state index contributed by atoms with van der Waals surface area (Å²) in [5.74, 6) is 0.527. The Bertz CT molecular complexity index is 1240. The maximum atomic E-state index is 12.9. The van der Waals surface area contributed by atoms with Crippen LogP contribution in [0.5, 0.6) is 17.2 Å². The number of hydrogen-bond acceptors (Lipinski definition) is 8. The van der Waals surface area contributed by atoms with Crippen LogP contribution in [0, 0.1) is 10.8 Å². The molecule has 0 bridgehead atoms. The first-order valence-electron chi connectivity index (χ1n) is 13.5. The van der Waals surface area contributed by atoms with Gasteiger partial charge in [-0.1, -0.05) is 6.08 Å². The van der Waals surface area contributed by atoms with Crippen molar-refractivity contribution in [3.8, 4) is 17.2 Å². The van der Waals surface area contributed by atoms with E-state index in [1.54, 1.807) is 84.0 Å². The summed E-state index contributed by atoms with van der Waals surface area (Å²) in [4.78, 5) is 36.9. The Hall–Kier alpha value is -4.07. The van der Waals surface area contributed by atoms with Crippen molar-refractivity contribution >= 4 is 23.8 Å². The Morgan fingerprint density at radius 2 is 1.39 bits per heavy atom. The fourth-order valence-electron chi connectivity index (χ4n) is 3.27. The maximum Gasteiger partial charge on any atom is 0.314 e. The average Bonchev–Trinajstić information content (AvgIpc) is 2.87. The van der Waals surface area contributed by atoms with Crippen molar-refractivity contribution in [2.45, 2.75) is 67.9 Å². The smallest absolute Gasteiger partial charge is 0.314 e. The third-order valence-electron chi connectivity index (χ3n) is 5.52. The number of rotatable bonds is 13. The van der Waals surface area contributed by atoms with Crippen LogP contribution in [0.15, 0.2) is 55.1 Å². The number of ketones is 1. The normalized spacial score (nSPS) is 11.7. The third kappa shape index (κ3) is 10.8. The summed E-state index contributed by atoms with van der Waals surface area (Å²) in [7, 11) is 0. The lowest BCUT2D eigenvalue weighted by atomic mass is 9.97. The third-order valence-corrected chi connectivity index (χ3v) is 5.52. The molecule has 0 spiro atoms. The summed E-state index contributed by atoms with van der Waals surface area (Å²) in [5.41, 5.74) is 0.673. The number of hydrogen-bond donors (Lipinski definition) is 0. The van der Waals surface area contributed by atoms with Gasteiger partial charge in [0.25, 0.3) is 0 Å². The molecule has 0 aromatic heterocycles. The molecule has 0 saturated carbocycles. The molecular formula is C33H42O8. The van der Waals surface area contributed by atoms with Gasteiger partial charge >= 0.3 is 11.9 Å². The molecule has 222 valence electrons. The second-order valence-electron chi connectivity index (χ2n) is 11.8. The quantitative estimate of drug-likeness (QED) is 0.0845. The van der Waals surface area contributed by atoms with Gasteiger partial charge in [0.2, 0.25) is 13.6 Å². The Morgan fingerprint density at radius 3 is 1.90 bits per heavy atom. The van der Waals surface area contributed by atoms with Crippen LogP contribution >= 0.6 is 0 Å². The zero-order chi connectivity index (χ0) is 30.8. The van der Waals surface area contributed by atoms with Crippen LogP contribution in [0.4, 0.5) is 0 Å². The highest BCUT2D eigenvalue weighted by Crippen LogP contribution is 2.32. The first kappa shape index (κ1) is 33.1. The van der Waals surface area contributed by atoms with Crippen LogP contribution in [-0.2, 0) is 25.5 Å². The van der Waals surface area contributed by atoms with E-state index >= 15 is 0 Å². The standard InChI is InChI=1S/C33H42O8/c1-10-11-24-18-25(29(41-22(2)3)19-28(24)38-21-40-31(36)33(7,8)9)14-17-27(34)23-12-15-26(16-13-23)37-20-39-30(35)32(4,5)6/h10,12-19,22H,1,11,20-21H2,2-9H3. The van der Waals surface area contributed by atoms with Crippen molar-refractivity contribution in [2.24, 2.45) is 10.8 Å². The van der Waals surface area contributed by atoms with E-state index < -0.39 is 10.8 Å². The Kier molecular flexibility index (Phi) is 11.7. The lowest BCUT2D eigenvalue weighted by Crippen LogP contribution is -2.24. The molecule has 0 amide bonds. The second-order valence-corrected chi connectivity index (χ2v) is 11.8. The molecule has 2 rings (SSSR count).